The molecular weight excluding hydrogens is 755 g/mol. The lowest BCUT2D eigenvalue weighted by atomic mass is 9.85. The van der Waals surface area contributed by atoms with Gasteiger partial charge in [-0.1, -0.05) is 54.3 Å². The van der Waals surface area contributed by atoms with Gasteiger partial charge >= 0.3 is 8.80 Å². The standard InChI is InChI=1S/C45H57N3O9Si/c1-4-55-58(56-5-2,57-6-3)30-12-17-36-37-21-22-38(36)43-42(37)44(52)47(45(43)53)27-24-35(49)16-11-28-54-29-25-40(50)46-26-23-41(51)48-31-34-15-8-7-13-32(34)19-20-33-14-9-10-18-39(33)48/h7-10,13-15,18,21-22,36-38,42-43H,4-6,11-12,16-17,23-31H2,1-3H3,(H,46,50). The van der Waals surface area contributed by atoms with Gasteiger partial charge in [0, 0.05) is 82.4 Å². The minimum atomic E-state index is -2.76. The zero-order valence-electron chi connectivity index (χ0n) is 34.0. The molecule has 0 radical (unpaired) electrons. The van der Waals surface area contributed by atoms with Crippen molar-refractivity contribution in [3.63, 3.8) is 0 Å². The van der Waals surface area contributed by atoms with Crippen LogP contribution in [0.15, 0.2) is 60.7 Å². The summed E-state index contributed by atoms with van der Waals surface area (Å²) in [7, 11) is -2.76. The summed E-state index contributed by atoms with van der Waals surface area (Å²) in [5.74, 6) is 5.31. The normalized spacial score (nSPS) is 21.5. The molecule has 2 aliphatic carbocycles. The predicted molar refractivity (Wildman–Crippen MR) is 220 cm³/mol. The molecule has 4 unspecified atom stereocenters. The van der Waals surface area contributed by atoms with Crippen LogP contribution in [-0.4, -0.2) is 89.2 Å². The van der Waals surface area contributed by atoms with E-state index in [-0.39, 0.29) is 104 Å². The summed E-state index contributed by atoms with van der Waals surface area (Å²) < 4.78 is 23.7. The average Bonchev–Trinajstić information content (AvgIpc) is 3.83. The van der Waals surface area contributed by atoms with Crippen molar-refractivity contribution in [2.45, 2.75) is 78.3 Å². The Bertz CT molecular complexity index is 1860. The SMILES string of the molecule is CCO[Si](CCCC1C2C=CC1C1C(=O)N(CCC(=O)CCCOCCC(=O)NCCC(=O)N3Cc4ccccc4C#Cc4ccccc43)C(=O)C21)(OCC)OCC. The van der Waals surface area contributed by atoms with Crippen molar-refractivity contribution in [3.8, 4) is 11.8 Å². The number of allylic oxidation sites excluding steroid dienone is 2. The third-order valence-electron chi connectivity index (χ3n) is 11.6. The monoisotopic (exact) mass is 811 g/mol. The minimum absolute atomic E-state index is 0.0257. The van der Waals surface area contributed by atoms with Crippen LogP contribution in [0.4, 0.5) is 5.69 Å². The average molecular weight is 812 g/mol. The summed E-state index contributed by atoms with van der Waals surface area (Å²) in [5, 5.41) is 2.81. The van der Waals surface area contributed by atoms with Crippen molar-refractivity contribution >= 4 is 43.9 Å². The highest BCUT2D eigenvalue weighted by molar-refractivity contribution is 6.60. The van der Waals surface area contributed by atoms with Crippen LogP contribution in [0.2, 0.25) is 6.04 Å². The van der Waals surface area contributed by atoms with Gasteiger partial charge in [-0.3, -0.25) is 28.9 Å². The van der Waals surface area contributed by atoms with E-state index in [0.29, 0.717) is 45.4 Å². The second-order valence-electron chi connectivity index (χ2n) is 15.2. The number of benzene rings is 2. The van der Waals surface area contributed by atoms with E-state index in [1.54, 1.807) is 4.90 Å². The molecule has 13 heteroatoms. The third kappa shape index (κ3) is 10.0. The Kier molecular flexibility index (Phi) is 15.2. The number of hydrogen-bond donors (Lipinski definition) is 1. The first-order valence-corrected chi connectivity index (χ1v) is 22.9. The van der Waals surface area contributed by atoms with Crippen molar-refractivity contribution in [2.24, 2.45) is 29.6 Å². The molecule has 1 N–H and O–H groups in total. The maximum atomic E-state index is 13.5. The first-order chi connectivity index (χ1) is 28.2. The van der Waals surface area contributed by atoms with Crippen molar-refractivity contribution in [1.82, 2.24) is 10.2 Å². The summed E-state index contributed by atoms with van der Waals surface area (Å²) in [6.07, 6.45) is 7.06. The third-order valence-corrected chi connectivity index (χ3v) is 14.8. The number of ether oxygens (including phenoxy) is 1. The Labute approximate surface area is 343 Å². The smallest absolute Gasteiger partial charge is 0.381 e. The summed E-state index contributed by atoms with van der Waals surface area (Å²) in [6.45, 7) is 8.61. The van der Waals surface area contributed by atoms with Crippen LogP contribution >= 0.6 is 0 Å². The van der Waals surface area contributed by atoms with Gasteiger partial charge in [0.1, 0.15) is 5.78 Å². The molecule has 1 saturated carbocycles. The van der Waals surface area contributed by atoms with Gasteiger partial charge in [-0.2, -0.15) is 0 Å². The highest BCUT2D eigenvalue weighted by Crippen LogP contribution is 2.57. The van der Waals surface area contributed by atoms with E-state index in [1.807, 2.05) is 69.3 Å². The molecule has 2 heterocycles. The fourth-order valence-corrected chi connectivity index (χ4v) is 11.7. The molecule has 4 amide bonds. The van der Waals surface area contributed by atoms with Crippen molar-refractivity contribution in [3.05, 3.63) is 77.4 Å². The Morgan fingerprint density at radius 2 is 1.41 bits per heavy atom. The Hall–Kier alpha value is -4.45. The minimum Gasteiger partial charge on any atom is -0.381 e. The van der Waals surface area contributed by atoms with Crippen LogP contribution in [-0.2, 0) is 48.5 Å². The number of para-hydroxylation sites is 1. The predicted octanol–water partition coefficient (Wildman–Crippen LogP) is 5.45. The topological polar surface area (TPSA) is 141 Å². The molecule has 2 aromatic rings. The first-order valence-electron chi connectivity index (χ1n) is 21.0. The van der Waals surface area contributed by atoms with E-state index < -0.39 is 8.80 Å². The van der Waals surface area contributed by atoms with E-state index in [0.717, 1.165) is 35.2 Å². The molecule has 6 rings (SSSR count). The number of anilines is 1. The summed E-state index contributed by atoms with van der Waals surface area (Å²) in [6, 6.07) is 16.1. The van der Waals surface area contributed by atoms with Gasteiger partial charge in [-0.15, -0.1) is 0 Å². The first kappa shape index (κ1) is 43.1. The lowest BCUT2D eigenvalue weighted by Crippen LogP contribution is -2.46. The van der Waals surface area contributed by atoms with Gasteiger partial charge in [0.2, 0.25) is 23.6 Å². The van der Waals surface area contributed by atoms with Gasteiger partial charge in [0.05, 0.1) is 30.7 Å². The van der Waals surface area contributed by atoms with E-state index >= 15 is 0 Å². The second kappa shape index (κ2) is 20.5. The molecule has 4 atom stereocenters. The van der Waals surface area contributed by atoms with Crippen LogP contribution in [0.3, 0.4) is 0 Å². The highest BCUT2D eigenvalue weighted by Gasteiger charge is 2.63. The van der Waals surface area contributed by atoms with Gasteiger partial charge in [0.25, 0.3) is 0 Å². The highest BCUT2D eigenvalue weighted by atomic mass is 28.4. The van der Waals surface area contributed by atoms with Crippen LogP contribution in [0, 0.1) is 41.4 Å². The van der Waals surface area contributed by atoms with Gasteiger partial charge < -0.3 is 28.2 Å². The fourth-order valence-electron chi connectivity index (χ4n) is 9.05. The van der Waals surface area contributed by atoms with Crippen LogP contribution in [0.25, 0.3) is 0 Å². The summed E-state index contributed by atoms with van der Waals surface area (Å²) in [4.78, 5) is 68.7. The van der Waals surface area contributed by atoms with Crippen LogP contribution < -0.4 is 10.2 Å². The number of carbonyl (C=O) groups excluding carboxylic acids is 5. The number of likely N-dealkylation sites (tertiary alicyclic amines) is 1. The molecular formula is C45H57N3O9Si. The zero-order valence-corrected chi connectivity index (χ0v) is 35.0. The van der Waals surface area contributed by atoms with Crippen molar-refractivity contribution in [1.29, 1.82) is 0 Å². The number of hydrogen-bond acceptors (Lipinski definition) is 9. The number of nitrogens with one attached hydrogen (secondary N) is 1. The molecule has 2 aromatic carbocycles. The number of fused-ring (bicyclic) bond motifs is 7. The fraction of sp³-hybridized carbons (Fsp3) is 0.533. The number of Topliss-reactive ketones (excluding diaryl/α,β-unsaturated/α-hetero) is 1. The lowest BCUT2D eigenvalue weighted by Gasteiger charge is -2.29. The quantitative estimate of drug-likeness (QED) is 0.0511. The van der Waals surface area contributed by atoms with Crippen LogP contribution in [0.1, 0.15) is 82.4 Å². The molecule has 0 aromatic heterocycles. The van der Waals surface area contributed by atoms with Gasteiger partial charge in [-0.25, -0.2) is 0 Å². The van der Waals surface area contributed by atoms with E-state index in [9.17, 15) is 24.0 Å². The molecule has 12 nitrogen and oxygen atoms in total. The zero-order chi connectivity index (χ0) is 41.1. The molecule has 58 heavy (non-hydrogen) atoms. The molecule has 2 aliphatic heterocycles. The molecule has 310 valence electrons. The van der Waals surface area contributed by atoms with E-state index in [1.165, 1.54) is 4.90 Å². The number of rotatable bonds is 23. The molecule has 4 aliphatic rings. The maximum Gasteiger partial charge on any atom is 0.500 e. The Morgan fingerprint density at radius 1 is 0.776 bits per heavy atom. The van der Waals surface area contributed by atoms with E-state index in [4.69, 9.17) is 18.0 Å². The lowest BCUT2D eigenvalue weighted by molar-refractivity contribution is -0.141. The van der Waals surface area contributed by atoms with E-state index in [2.05, 4.69) is 29.3 Å². The number of nitrogens with zero attached hydrogens (tertiary/aromatic N) is 2. The number of imide groups is 1. The molecule has 1 saturated heterocycles. The molecule has 2 fully saturated rings. The maximum absolute atomic E-state index is 13.5. The number of carbonyl (C=O) groups is 5. The van der Waals surface area contributed by atoms with Crippen molar-refractivity contribution < 1.29 is 42.0 Å². The van der Waals surface area contributed by atoms with Crippen LogP contribution in [0.5, 0.6) is 0 Å². The number of ketones is 1. The summed E-state index contributed by atoms with van der Waals surface area (Å²) in [5.41, 5.74) is 3.38. The second-order valence-corrected chi connectivity index (χ2v) is 17.9. The molecule has 0 spiro atoms. The van der Waals surface area contributed by atoms with Gasteiger partial charge in [0.15, 0.2) is 0 Å². The number of amides is 4. The Morgan fingerprint density at radius 3 is 2.10 bits per heavy atom. The van der Waals surface area contributed by atoms with Crippen molar-refractivity contribution in [2.75, 3.05) is 51.0 Å². The summed E-state index contributed by atoms with van der Waals surface area (Å²) >= 11 is 0. The van der Waals surface area contributed by atoms with Gasteiger partial charge in [-0.05, 0) is 81.5 Å². The Balaban J connectivity index is 0.849. The molecule has 2 bridgehead atoms. The largest absolute Gasteiger partial charge is 0.500 e.